The molecule has 8 heteroatoms. The van der Waals surface area contributed by atoms with Crippen LogP contribution in [0.25, 0.3) is 0 Å². The first-order chi connectivity index (χ1) is 12.1. The molecule has 1 aliphatic heterocycles. The van der Waals surface area contributed by atoms with Crippen LogP contribution in [-0.4, -0.2) is 43.4 Å². The summed E-state index contributed by atoms with van der Waals surface area (Å²) in [7, 11) is 0. The van der Waals surface area contributed by atoms with E-state index in [2.05, 4.69) is 20.5 Å². The Balaban J connectivity index is 1.53. The molecule has 8 nitrogen and oxygen atoms in total. The predicted octanol–water partition coefficient (Wildman–Crippen LogP) is 0.508. The Morgan fingerprint density at radius 3 is 2.80 bits per heavy atom. The van der Waals surface area contributed by atoms with Crippen molar-refractivity contribution in [3.8, 4) is 0 Å². The second kappa shape index (κ2) is 6.14. The largest absolute Gasteiger partial charge is 0.381 e. The summed E-state index contributed by atoms with van der Waals surface area (Å²) in [6.45, 7) is 1.40. The molecule has 2 N–H and O–H groups in total. The van der Waals surface area contributed by atoms with Gasteiger partial charge in [-0.1, -0.05) is 30.3 Å². The smallest absolute Gasteiger partial charge is 0.269 e. The van der Waals surface area contributed by atoms with Crippen LogP contribution in [0.3, 0.4) is 0 Å². The second-order valence-electron chi connectivity index (χ2n) is 6.25. The Hall–Kier alpha value is -3.00. The fraction of sp³-hybridized carbons (Fsp3) is 0.294. The van der Waals surface area contributed by atoms with Crippen molar-refractivity contribution in [1.82, 2.24) is 25.2 Å². The lowest BCUT2D eigenvalue weighted by Gasteiger charge is -2.22. The molecule has 0 spiro atoms. The van der Waals surface area contributed by atoms with E-state index in [4.69, 9.17) is 0 Å². The van der Waals surface area contributed by atoms with E-state index in [-0.39, 0.29) is 5.56 Å². The van der Waals surface area contributed by atoms with Gasteiger partial charge in [0, 0.05) is 19.0 Å². The van der Waals surface area contributed by atoms with Crippen molar-refractivity contribution in [1.29, 1.82) is 0 Å². The lowest BCUT2D eigenvalue weighted by Crippen LogP contribution is -2.32. The average molecular weight is 338 g/mol. The molecular weight excluding hydrogens is 320 g/mol. The number of anilines is 1. The number of aromatic nitrogens is 5. The van der Waals surface area contributed by atoms with Gasteiger partial charge in [0.15, 0.2) is 0 Å². The van der Waals surface area contributed by atoms with Crippen molar-refractivity contribution in [3.05, 3.63) is 70.4 Å². The standard InChI is InChI=1S/C17H18N6O2/c24-16-8-14(9-19-23(16)11-13-4-2-1-3-5-13)22-7-6-17(25,12-22)15-10-18-21-20-15/h1-5,8-10,25H,6-7,11-12H2,(H,18,20,21)/t17-/m0/s1. The molecule has 0 unspecified atom stereocenters. The zero-order chi connectivity index (χ0) is 17.3. The minimum atomic E-state index is -1.06. The van der Waals surface area contributed by atoms with Gasteiger partial charge in [-0.2, -0.15) is 20.5 Å². The zero-order valence-corrected chi connectivity index (χ0v) is 13.5. The second-order valence-corrected chi connectivity index (χ2v) is 6.25. The molecule has 1 fully saturated rings. The van der Waals surface area contributed by atoms with Crippen LogP contribution in [0.4, 0.5) is 5.69 Å². The van der Waals surface area contributed by atoms with Gasteiger partial charge < -0.3 is 10.0 Å². The number of nitrogens with zero attached hydrogens (tertiary/aromatic N) is 5. The van der Waals surface area contributed by atoms with Crippen LogP contribution in [0.2, 0.25) is 0 Å². The lowest BCUT2D eigenvalue weighted by atomic mass is 10.00. The predicted molar refractivity (Wildman–Crippen MR) is 91.2 cm³/mol. The quantitative estimate of drug-likeness (QED) is 0.719. The van der Waals surface area contributed by atoms with Crippen LogP contribution in [0.15, 0.2) is 53.6 Å². The highest BCUT2D eigenvalue weighted by atomic mass is 16.3. The molecule has 3 aromatic rings. The van der Waals surface area contributed by atoms with Gasteiger partial charge in [-0.3, -0.25) is 4.79 Å². The highest BCUT2D eigenvalue weighted by Crippen LogP contribution is 2.32. The third kappa shape index (κ3) is 3.03. The van der Waals surface area contributed by atoms with Gasteiger partial charge in [-0.15, -0.1) is 0 Å². The Bertz CT molecular complexity index is 908. The van der Waals surface area contributed by atoms with E-state index in [0.29, 0.717) is 37.4 Å². The summed E-state index contributed by atoms with van der Waals surface area (Å²) in [5.41, 5.74) is 1.00. The highest BCUT2D eigenvalue weighted by Gasteiger charge is 2.40. The fourth-order valence-electron chi connectivity index (χ4n) is 3.12. The fourth-order valence-corrected chi connectivity index (χ4v) is 3.12. The maximum atomic E-state index is 12.4. The van der Waals surface area contributed by atoms with Gasteiger partial charge in [0.1, 0.15) is 11.3 Å². The van der Waals surface area contributed by atoms with Gasteiger partial charge >= 0.3 is 0 Å². The maximum absolute atomic E-state index is 12.4. The minimum absolute atomic E-state index is 0.168. The monoisotopic (exact) mass is 338 g/mol. The zero-order valence-electron chi connectivity index (χ0n) is 13.5. The van der Waals surface area contributed by atoms with Crippen LogP contribution in [0.5, 0.6) is 0 Å². The molecular formula is C17H18N6O2. The molecule has 0 bridgehead atoms. The highest BCUT2D eigenvalue weighted by molar-refractivity contribution is 5.45. The van der Waals surface area contributed by atoms with Gasteiger partial charge in [0.2, 0.25) is 0 Å². The number of hydrogen-bond donors (Lipinski definition) is 2. The van der Waals surface area contributed by atoms with E-state index >= 15 is 0 Å². The van der Waals surface area contributed by atoms with Crippen molar-refractivity contribution in [2.45, 2.75) is 18.6 Å². The molecule has 1 atom stereocenters. The maximum Gasteiger partial charge on any atom is 0.269 e. The first-order valence-electron chi connectivity index (χ1n) is 8.09. The number of benzene rings is 1. The van der Waals surface area contributed by atoms with Crippen molar-refractivity contribution < 1.29 is 5.11 Å². The summed E-state index contributed by atoms with van der Waals surface area (Å²) in [5.74, 6) is 0. The van der Waals surface area contributed by atoms with Crippen LogP contribution in [0, 0.1) is 0 Å². The van der Waals surface area contributed by atoms with E-state index in [0.717, 1.165) is 5.56 Å². The summed E-state index contributed by atoms with van der Waals surface area (Å²) in [4.78, 5) is 14.3. The summed E-state index contributed by atoms with van der Waals surface area (Å²) in [5, 5.41) is 25.3. The lowest BCUT2D eigenvalue weighted by molar-refractivity contribution is 0.0560. The molecule has 25 heavy (non-hydrogen) atoms. The number of aliphatic hydroxyl groups is 1. The summed E-state index contributed by atoms with van der Waals surface area (Å²) in [6, 6.07) is 11.3. The molecule has 2 aromatic heterocycles. The van der Waals surface area contributed by atoms with Crippen molar-refractivity contribution in [2.75, 3.05) is 18.0 Å². The number of β-amino-alcohol motifs (C(OH)–C–C–N with tert-alkyl or cyclic N) is 1. The van der Waals surface area contributed by atoms with Crippen LogP contribution >= 0.6 is 0 Å². The van der Waals surface area contributed by atoms with Crippen molar-refractivity contribution >= 4 is 5.69 Å². The van der Waals surface area contributed by atoms with Gasteiger partial charge in [0.05, 0.1) is 31.2 Å². The molecule has 0 aliphatic carbocycles. The Morgan fingerprint density at radius 1 is 1.24 bits per heavy atom. The number of hydrogen-bond acceptors (Lipinski definition) is 6. The van der Waals surface area contributed by atoms with Crippen LogP contribution < -0.4 is 10.5 Å². The van der Waals surface area contributed by atoms with Crippen LogP contribution in [-0.2, 0) is 12.1 Å². The first-order valence-corrected chi connectivity index (χ1v) is 8.09. The Morgan fingerprint density at radius 2 is 2.08 bits per heavy atom. The summed E-state index contributed by atoms with van der Waals surface area (Å²) in [6.07, 6.45) is 3.71. The summed E-state index contributed by atoms with van der Waals surface area (Å²) < 4.78 is 1.43. The molecule has 128 valence electrons. The third-order valence-corrected chi connectivity index (χ3v) is 4.54. The first kappa shape index (κ1) is 15.5. The number of nitrogens with one attached hydrogen (secondary N) is 1. The van der Waals surface area contributed by atoms with E-state index in [1.807, 2.05) is 35.2 Å². The molecule has 1 saturated heterocycles. The third-order valence-electron chi connectivity index (χ3n) is 4.54. The van der Waals surface area contributed by atoms with Crippen LogP contribution in [0.1, 0.15) is 17.7 Å². The van der Waals surface area contributed by atoms with Gasteiger partial charge in [-0.05, 0) is 5.56 Å². The van der Waals surface area contributed by atoms with E-state index in [1.165, 1.54) is 10.9 Å². The number of aromatic amines is 1. The topological polar surface area (TPSA) is 99.9 Å². The molecule has 4 rings (SSSR count). The SMILES string of the molecule is O=c1cc(N2CC[C@@](O)(c3cn[nH]n3)C2)cnn1Cc1ccccc1. The van der Waals surface area contributed by atoms with Crippen molar-refractivity contribution in [3.63, 3.8) is 0 Å². The van der Waals surface area contributed by atoms with E-state index in [9.17, 15) is 9.90 Å². The van der Waals surface area contributed by atoms with E-state index in [1.54, 1.807) is 12.3 Å². The molecule has 0 radical (unpaired) electrons. The molecule has 1 aliphatic rings. The Kier molecular flexibility index (Phi) is 3.81. The van der Waals surface area contributed by atoms with Gasteiger partial charge in [-0.25, -0.2) is 4.68 Å². The van der Waals surface area contributed by atoms with E-state index < -0.39 is 5.60 Å². The van der Waals surface area contributed by atoms with Gasteiger partial charge in [0.25, 0.3) is 5.56 Å². The minimum Gasteiger partial charge on any atom is -0.381 e. The molecule has 1 aromatic carbocycles. The molecule has 3 heterocycles. The Labute approximate surface area is 143 Å². The average Bonchev–Trinajstić information content (AvgIpc) is 3.28. The number of H-pyrrole nitrogens is 1. The van der Waals surface area contributed by atoms with Crippen molar-refractivity contribution in [2.24, 2.45) is 0 Å². The molecule has 0 saturated carbocycles. The summed E-state index contributed by atoms with van der Waals surface area (Å²) >= 11 is 0. The number of rotatable bonds is 4. The molecule has 0 amide bonds. The normalized spacial score (nSPS) is 20.1.